The van der Waals surface area contributed by atoms with Gasteiger partial charge in [0.2, 0.25) is 5.91 Å². The van der Waals surface area contributed by atoms with Gasteiger partial charge in [0, 0.05) is 30.0 Å². The molecule has 0 aliphatic carbocycles. The van der Waals surface area contributed by atoms with Crippen LogP contribution < -0.4 is 15.4 Å². The molecule has 0 aromatic heterocycles. The van der Waals surface area contributed by atoms with Crippen molar-refractivity contribution in [3.63, 3.8) is 0 Å². The molecule has 6 heteroatoms. The summed E-state index contributed by atoms with van der Waals surface area (Å²) >= 11 is 3.36. The lowest BCUT2D eigenvalue weighted by atomic mass is 10.2. The number of aliphatic hydroxyl groups excluding tert-OH is 1. The van der Waals surface area contributed by atoms with Crippen LogP contribution in [-0.2, 0) is 4.79 Å². The SMILES string of the molecule is O=C1CCC(CNCC(O)COc2cccc(Br)c2)N1. The average molecular weight is 343 g/mol. The molecule has 1 aliphatic rings. The third kappa shape index (κ3) is 5.11. The van der Waals surface area contributed by atoms with E-state index in [1.165, 1.54) is 0 Å². The minimum atomic E-state index is -0.578. The molecule has 1 saturated heterocycles. The molecular weight excluding hydrogens is 324 g/mol. The maximum absolute atomic E-state index is 11.0. The second kappa shape index (κ2) is 7.61. The van der Waals surface area contributed by atoms with Crippen LogP contribution in [0.3, 0.4) is 0 Å². The molecule has 0 spiro atoms. The van der Waals surface area contributed by atoms with Crippen LogP contribution in [0.4, 0.5) is 0 Å². The van der Waals surface area contributed by atoms with Crippen LogP contribution in [0, 0.1) is 0 Å². The van der Waals surface area contributed by atoms with Gasteiger partial charge in [0.15, 0.2) is 0 Å². The first kappa shape index (κ1) is 15.3. The number of carbonyl (C=O) groups is 1. The van der Waals surface area contributed by atoms with E-state index in [1.807, 2.05) is 24.3 Å². The van der Waals surface area contributed by atoms with Gasteiger partial charge in [0.1, 0.15) is 18.5 Å². The molecule has 0 saturated carbocycles. The second-order valence-electron chi connectivity index (χ2n) is 4.88. The Morgan fingerprint density at radius 1 is 1.55 bits per heavy atom. The summed E-state index contributed by atoms with van der Waals surface area (Å²) in [7, 11) is 0. The highest BCUT2D eigenvalue weighted by molar-refractivity contribution is 9.10. The van der Waals surface area contributed by atoms with Crippen LogP contribution in [0.1, 0.15) is 12.8 Å². The van der Waals surface area contributed by atoms with Gasteiger partial charge in [-0.25, -0.2) is 0 Å². The van der Waals surface area contributed by atoms with Crippen molar-refractivity contribution in [3.05, 3.63) is 28.7 Å². The largest absolute Gasteiger partial charge is 0.491 e. The maximum atomic E-state index is 11.0. The Labute approximate surface area is 126 Å². The number of halogens is 1. The molecule has 1 fully saturated rings. The normalized spacial score (nSPS) is 19.7. The molecule has 1 heterocycles. The van der Waals surface area contributed by atoms with Crippen LogP contribution in [0.15, 0.2) is 28.7 Å². The Morgan fingerprint density at radius 2 is 2.40 bits per heavy atom. The van der Waals surface area contributed by atoms with Gasteiger partial charge in [-0.1, -0.05) is 22.0 Å². The number of benzene rings is 1. The predicted octanol–water partition coefficient (Wildman–Crippen LogP) is 1.06. The zero-order valence-corrected chi connectivity index (χ0v) is 12.7. The van der Waals surface area contributed by atoms with Gasteiger partial charge in [-0.05, 0) is 24.6 Å². The summed E-state index contributed by atoms with van der Waals surface area (Å²) in [4.78, 5) is 11.0. The number of rotatable bonds is 7. The maximum Gasteiger partial charge on any atom is 0.220 e. The average Bonchev–Trinajstić information content (AvgIpc) is 2.82. The Bertz CT molecular complexity index is 456. The molecule has 1 aromatic rings. The Balaban J connectivity index is 1.60. The first-order chi connectivity index (χ1) is 9.63. The van der Waals surface area contributed by atoms with Crippen molar-refractivity contribution in [3.8, 4) is 5.75 Å². The zero-order valence-electron chi connectivity index (χ0n) is 11.1. The molecule has 5 nitrogen and oxygen atoms in total. The lowest BCUT2D eigenvalue weighted by Crippen LogP contribution is -2.40. The van der Waals surface area contributed by atoms with Crippen LogP contribution in [0.5, 0.6) is 5.75 Å². The third-order valence-corrected chi connectivity index (χ3v) is 3.59. The molecule has 1 aliphatic heterocycles. The molecule has 3 N–H and O–H groups in total. The summed E-state index contributed by atoms with van der Waals surface area (Å²) in [5, 5.41) is 15.8. The molecular formula is C14H19BrN2O3. The van der Waals surface area contributed by atoms with E-state index >= 15 is 0 Å². The monoisotopic (exact) mass is 342 g/mol. The summed E-state index contributed by atoms with van der Waals surface area (Å²) in [6.07, 6.45) is 0.878. The highest BCUT2D eigenvalue weighted by atomic mass is 79.9. The predicted molar refractivity (Wildman–Crippen MR) is 79.7 cm³/mol. The molecule has 2 unspecified atom stereocenters. The summed E-state index contributed by atoms with van der Waals surface area (Å²) in [5.41, 5.74) is 0. The van der Waals surface area contributed by atoms with E-state index in [2.05, 4.69) is 26.6 Å². The highest BCUT2D eigenvalue weighted by Crippen LogP contribution is 2.17. The topological polar surface area (TPSA) is 70.6 Å². The van der Waals surface area contributed by atoms with E-state index in [1.54, 1.807) is 0 Å². The molecule has 110 valence electrons. The fourth-order valence-corrected chi connectivity index (χ4v) is 2.44. The number of hydrogen-bond acceptors (Lipinski definition) is 4. The molecule has 20 heavy (non-hydrogen) atoms. The van der Waals surface area contributed by atoms with E-state index in [0.29, 0.717) is 19.5 Å². The van der Waals surface area contributed by atoms with Crippen LogP contribution in [0.25, 0.3) is 0 Å². The van der Waals surface area contributed by atoms with E-state index < -0.39 is 6.10 Å². The Kier molecular flexibility index (Phi) is 5.82. The van der Waals surface area contributed by atoms with Crippen molar-refractivity contribution in [2.45, 2.75) is 25.0 Å². The molecule has 2 rings (SSSR count). The van der Waals surface area contributed by atoms with Gasteiger partial charge in [0.05, 0.1) is 0 Å². The van der Waals surface area contributed by atoms with Crippen molar-refractivity contribution in [2.24, 2.45) is 0 Å². The fourth-order valence-electron chi connectivity index (χ4n) is 2.06. The number of carbonyl (C=O) groups excluding carboxylic acids is 1. The van der Waals surface area contributed by atoms with E-state index in [0.717, 1.165) is 16.6 Å². The fraction of sp³-hybridized carbons (Fsp3) is 0.500. The molecule has 0 radical (unpaired) electrons. The smallest absolute Gasteiger partial charge is 0.220 e. The lowest BCUT2D eigenvalue weighted by molar-refractivity contribution is -0.119. The van der Waals surface area contributed by atoms with Gasteiger partial charge < -0.3 is 20.5 Å². The Hall–Kier alpha value is -1.11. The number of hydrogen-bond donors (Lipinski definition) is 3. The molecule has 2 atom stereocenters. The van der Waals surface area contributed by atoms with Gasteiger partial charge in [0.25, 0.3) is 0 Å². The number of ether oxygens (including phenoxy) is 1. The molecule has 1 amide bonds. The summed E-state index contributed by atoms with van der Waals surface area (Å²) in [5.74, 6) is 0.830. The zero-order chi connectivity index (χ0) is 14.4. The number of aliphatic hydroxyl groups is 1. The van der Waals surface area contributed by atoms with Crippen molar-refractivity contribution >= 4 is 21.8 Å². The van der Waals surface area contributed by atoms with Gasteiger partial charge in [-0.2, -0.15) is 0 Å². The molecule has 1 aromatic carbocycles. The standard InChI is InChI=1S/C14H19BrN2O3/c15-10-2-1-3-13(6-10)20-9-12(18)8-16-7-11-4-5-14(19)17-11/h1-3,6,11-12,16,18H,4-5,7-9H2,(H,17,19). The first-order valence-corrected chi connectivity index (χ1v) is 7.49. The van der Waals surface area contributed by atoms with Crippen LogP contribution >= 0.6 is 15.9 Å². The third-order valence-electron chi connectivity index (χ3n) is 3.09. The van der Waals surface area contributed by atoms with Gasteiger partial charge in [-0.3, -0.25) is 4.79 Å². The van der Waals surface area contributed by atoms with E-state index in [9.17, 15) is 9.90 Å². The van der Waals surface area contributed by atoms with E-state index in [-0.39, 0.29) is 18.6 Å². The highest BCUT2D eigenvalue weighted by Gasteiger charge is 2.20. The van der Waals surface area contributed by atoms with Gasteiger partial charge >= 0.3 is 0 Å². The van der Waals surface area contributed by atoms with Crippen LogP contribution in [-0.4, -0.2) is 42.9 Å². The van der Waals surface area contributed by atoms with Gasteiger partial charge in [-0.15, -0.1) is 0 Å². The Morgan fingerprint density at radius 3 is 3.10 bits per heavy atom. The summed E-state index contributed by atoms with van der Waals surface area (Å²) in [6, 6.07) is 7.68. The van der Waals surface area contributed by atoms with Crippen molar-refractivity contribution in [2.75, 3.05) is 19.7 Å². The summed E-state index contributed by atoms with van der Waals surface area (Å²) < 4.78 is 6.44. The molecule has 0 bridgehead atoms. The quantitative estimate of drug-likeness (QED) is 0.692. The van der Waals surface area contributed by atoms with Crippen molar-refractivity contribution < 1.29 is 14.6 Å². The minimum absolute atomic E-state index is 0.107. The second-order valence-corrected chi connectivity index (χ2v) is 5.80. The van der Waals surface area contributed by atoms with Crippen molar-refractivity contribution in [1.82, 2.24) is 10.6 Å². The first-order valence-electron chi connectivity index (χ1n) is 6.70. The lowest BCUT2D eigenvalue weighted by Gasteiger charge is -2.15. The number of nitrogens with one attached hydrogen (secondary N) is 2. The van der Waals surface area contributed by atoms with E-state index in [4.69, 9.17) is 4.74 Å². The van der Waals surface area contributed by atoms with Crippen molar-refractivity contribution in [1.29, 1.82) is 0 Å². The number of amides is 1. The minimum Gasteiger partial charge on any atom is -0.491 e. The summed E-state index contributed by atoms with van der Waals surface area (Å²) in [6.45, 7) is 1.36. The van der Waals surface area contributed by atoms with Crippen LogP contribution in [0.2, 0.25) is 0 Å².